The van der Waals surface area contributed by atoms with E-state index in [1.54, 1.807) is 6.20 Å². The molecule has 154 valence electrons. The van der Waals surface area contributed by atoms with E-state index in [2.05, 4.69) is 27.6 Å². The number of pyridine rings is 1. The largest absolute Gasteiger partial charge is 0.481 e. The number of nitrogens with zero attached hydrogens (tertiary/aromatic N) is 2. The molecule has 0 aliphatic carbocycles. The number of hydrogen-bond acceptors (Lipinski definition) is 5. The van der Waals surface area contributed by atoms with Gasteiger partial charge in [-0.1, -0.05) is 59.8 Å². The van der Waals surface area contributed by atoms with Crippen molar-refractivity contribution in [1.29, 1.82) is 0 Å². The average Bonchev–Trinajstić information content (AvgIpc) is 2.78. The smallest absolute Gasteiger partial charge is 0.304 e. The van der Waals surface area contributed by atoms with E-state index in [-0.39, 0.29) is 6.42 Å². The molecule has 0 atom stereocenters. The number of carboxylic acids is 1. The molecule has 0 aliphatic rings. The Labute approximate surface area is 176 Å². The Bertz CT molecular complexity index is 969. The molecule has 0 amide bonds. The molecular weight excluding hydrogens is 378 g/mol. The Morgan fingerprint density at radius 2 is 1.77 bits per heavy atom. The SMILES string of the molecule is C/C(=N\OCc1ccc(-c2cccnc2)cc1)c1ccc(CNCCC(=O)O)cc1. The maximum atomic E-state index is 10.5. The monoisotopic (exact) mass is 403 g/mol. The van der Waals surface area contributed by atoms with Gasteiger partial charge in [0.15, 0.2) is 0 Å². The maximum absolute atomic E-state index is 10.5. The van der Waals surface area contributed by atoms with Crippen molar-refractivity contribution in [2.75, 3.05) is 6.54 Å². The molecule has 0 radical (unpaired) electrons. The zero-order valence-electron chi connectivity index (χ0n) is 16.9. The summed E-state index contributed by atoms with van der Waals surface area (Å²) in [5.74, 6) is -0.797. The molecule has 3 aromatic rings. The van der Waals surface area contributed by atoms with E-state index >= 15 is 0 Å². The highest BCUT2D eigenvalue weighted by Gasteiger charge is 2.02. The molecule has 1 heterocycles. The molecule has 0 aliphatic heterocycles. The van der Waals surface area contributed by atoms with Crippen molar-refractivity contribution in [3.63, 3.8) is 0 Å². The van der Waals surface area contributed by atoms with Crippen LogP contribution in [0.3, 0.4) is 0 Å². The summed E-state index contributed by atoms with van der Waals surface area (Å²) < 4.78 is 0. The second kappa shape index (κ2) is 10.9. The summed E-state index contributed by atoms with van der Waals surface area (Å²) in [6.45, 7) is 3.39. The van der Waals surface area contributed by atoms with Crippen LogP contribution in [0.15, 0.2) is 78.2 Å². The summed E-state index contributed by atoms with van der Waals surface area (Å²) in [7, 11) is 0. The highest BCUT2D eigenvalue weighted by molar-refractivity contribution is 5.98. The first-order valence-electron chi connectivity index (χ1n) is 9.79. The number of benzene rings is 2. The van der Waals surface area contributed by atoms with Crippen LogP contribution in [0.2, 0.25) is 0 Å². The first-order valence-corrected chi connectivity index (χ1v) is 9.79. The Morgan fingerprint density at radius 1 is 1.03 bits per heavy atom. The van der Waals surface area contributed by atoms with Crippen molar-refractivity contribution in [1.82, 2.24) is 10.3 Å². The van der Waals surface area contributed by atoms with Crippen molar-refractivity contribution in [2.24, 2.45) is 5.16 Å². The lowest BCUT2D eigenvalue weighted by atomic mass is 10.1. The van der Waals surface area contributed by atoms with Gasteiger partial charge in [-0.3, -0.25) is 9.78 Å². The van der Waals surface area contributed by atoms with Crippen molar-refractivity contribution < 1.29 is 14.7 Å². The fraction of sp³-hybridized carbons (Fsp3) is 0.208. The van der Waals surface area contributed by atoms with Gasteiger partial charge in [0.05, 0.1) is 12.1 Å². The molecule has 3 rings (SSSR count). The van der Waals surface area contributed by atoms with E-state index < -0.39 is 5.97 Å². The molecule has 0 saturated carbocycles. The van der Waals surface area contributed by atoms with Crippen LogP contribution in [-0.4, -0.2) is 28.3 Å². The molecule has 6 nitrogen and oxygen atoms in total. The average molecular weight is 403 g/mol. The van der Waals surface area contributed by atoms with Crippen molar-refractivity contribution in [2.45, 2.75) is 26.5 Å². The highest BCUT2D eigenvalue weighted by atomic mass is 16.6. The molecular formula is C24H25N3O3. The number of hydrogen-bond donors (Lipinski definition) is 2. The lowest BCUT2D eigenvalue weighted by molar-refractivity contribution is -0.136. The van der Waals surface area contributed by atoms with E-state index in [9.17, 15) is 4.79 Å². The minimum absolute atomic E-state index is 0.118. The molecule has 0 fully saturated rings. The van der Waals surface area contributed by atoms with Crippen LogP contribution in [0.25, 0.3) is 11.1 Å². The zero-order chi connectivity index (χ0) is 21.2. The molecule has 2 aromatic carbocycles. The van der Waals surface area contributed by atoms with Gasteiger partial charge in [0.1, 0.15) is 6.61 Å². The number of aromatic nitrogens is 1. The minimum atomic E-state index is -0.797. The van der Waals surface area contributed by atoms with Gasteiger partial charge >= 0.3 is 5.97 Å². The van der Waals surface area contributed by atoms with Crippen LogP contribution in [0.5, 0.6) is 0 Å². The third kappa shape index (κ3) is 6.53. The Morgan fingerprint density at radius 3 is 2.43 bits per heavy atom. The normalized spacial score (nSPS) is 11.3. The van der Waals surface area contributed by atoms with Gasteiger partial charge in [0.2, 0.25) is 0 Å². The number of aliphatic carboxylic acids is 1. The Kier molecular flexibility index (Phi) is 7.69. The van der Waals surface area contributed by atoms with Gasteiger partial charge in [-0.25, -0.2) is 0 Å². The van der Waals surface area contributed by atoms with Crippen LogP contribution in [0.1, 0.15) is 30.0 Å². The third-order valence-electron chi connectivity index (χ3n) is 4.60. The van der Waals surface area contributed by atoms with Gasteiger partial charge < -0.3 is 15.3 Å². The summed E-state index contributed by atoms with van der Waals surface area (Å²) in [6, 6.07) is 20.1. The molecule has 0 saturated heterocycles. The van der Waals surface area contributed by atoms with Gasteiger partial charge in [-0.15, -0.1) is 0 Å². The van der Waals surface area contributed by atoms with Gasteiger partial charge in [0, 0.05) is 25.5 Å². The fourth-order valence-corrected chi connectivity index (χ4v) is 2.88. The number of carboxylic acid groups (broad SMARTS) is 1. The molecule has 2 N–H and O–H groups in total. The van der Waals surface area contributed by atoms with E-state index in [0.29, 0.717) is 19.7 Å². The standard InChI is InChI=1S/C24H25N3O3/c1-18(21-8-4-19(5-9-21)15-26-14-12-24(28)29)27-30-17-20-6-10-22(11-7-20)23-3-2-13-25-16-23/h2-11,13,16,26H,12,14-15,17H2,1H3,(H,28,29)/b27-18+. The second-order valence-corrected chi connectivity index (χ2v) is 6.91. The van der Waals surface area contributed by atoms with E-state index in [1.165, 1.54) is 0 Å². The topological polar surface area (TPSA) is 83.8 Å². The lowest BCUT2D eigenvalue weighted by Gasteiger charge is -2.06. The molecule has 0 unspecified atom stereocenters. The van der Waals surface area contributed by atoms with Gasteiger partial charge in [0.25, 0.3) is 0 Å². The second-order valence-electron chi connectivity index (χ2n) is 6.91. The Balaban J connectivity index is 1.48. The zero-order valence-corrected chi connectivity index (χ0v) is 16.9. The van der Waals surface area contributed by atoms with Gasteiger partial charge in [-0.05, 0) is 40.8 Å². The first kappa shape index (κ1) is 21.2. The number of rotatable bonds is 10. The van der Waals surface area contributed by atoms with Crippen molar-refractivity contribution in [3.05, 3.63) is 89.7 Å². The third-order valence-corrected chi connectivity index (χ3v) is 4.60. The van der Waals surface area contributed by atoms with Crippen molar-refractivity contribution in [3.8, 4) is 11.1 Å². The number of carbonyl (C=O) groups is 1. The summed E-state index contributed by atoms with van der Waals surface area (Å²) in [5, 5.41) is 16.0. The van der Waals surface area contributed by atoms with E-state index in [1.807, 2.05) is 61.7 Å². The van der Waals surface area contributed by atoms with Gasteiger partial charge in [-0.2, -0.15) is 0 Å². The number of oxime groups is 1. The van der Waals surface area contributed by atoms with Crippen LogP contribution in [0.4, 0.5) is 0 Å². The first-order chi connectivity index (χ1) is 14.6. The van der Waals surface area contributed by atoms with Crippen LogP contribution >= 0.6 is 0 Å². The predicted octanol–water partition coefficient (Wildman–Crippen LogP) is 4.25. The maximum Gasteiger partial charge on any atom is 0.304 e. The lowest BCUT2D eigenvalue weighted by Crippen LogP contribution is -2.17. The van der Waals surface area contributed by atoms with Crippen LogP contribution in [-0.2, 0) is 22.8 Å². The summed E-state index contributed by atoms with van der Waals surface area (Å²) >= 11 is 0. The molecule has 0 bridgehead atoms. The minimum Gasteiger partial charge on any atom is -0.481 e. The quantitative estimate of drug-likeness (QED) is 0.300. The fourth-order valence-electron chi connectivity index (χ4n) is 2.88. The molecule has 6 heteroatoms. The van der Waals surface area contributed by atoms with E-state index in [4.69, 9.17) is 9.94 Å². The summed E-state index contributed by atoms with van der Waals surface area (Å²) in [6.07, 6.45) is 3.73. The van der Waals surface area contributed by atoms with Crippen LogP contribution in [0, 0.1) is 0 Å². The van der Waals surface area contributed by atoms with Crippen molar-refractivity contribution >= 4 is 11.7 Å². The Hall–Kier alpha value is -3.51. The van der Waals surface area contributed by atoms with E-state index in [0.717, 1.165) is 33.5 Å². The molecule has 0 spiro atoms. The summed E-state index contributed by atoms with van der Waals surface area (Å²) in [5.41, 5.74) is 6.11. The predicted molar refractivity (Wildman–Crippen MR) is 117 cm³/mol. The number of nitrogens with one attached hydrogen (secondary N) is 1. The molecule has 30 heavy (non-hydrogen) atoms. The summed E-state index contributed by atoms with van der Waals surface area (Å²) in [4.78, 5) is 20.2. The van der Waals surface area contributed by atoms with Crippen LogP contribution < -0.4 is 5.32 Å². The highest BCUT2D eigenvalue weighted by Crippen LogP contribution is 2.18. The molecule has 1 aromatic heterocycles.